The zero-order valence-electron chi connectivity index (χ0n) is 5.32. The molecule has 1 aromatic rings. The molecular formula is C6H9NO3. The van der Waals surface area contributed by atoms with Gasteiger partial charge in [-0.15, -0.1) is 0 Å². The molecule has 56 valence electrons. The minimum atomic E-state index is -0.468. The second kappa shape index (κ2) is 2.72. The van der Waals surface area contributed by atoms with E-state index in [-0.39, 0.29) is 12.6 Å². The van der Waals surface area contributed by atoms with Gasteiger partial charge in [0, 0.05) is 11.6 Å². The van der Waals surface area contributed by atoms with E-state index in [1.54, 1.807) is 0 Å². The normalized spacial score (nSPS) is 13.4. The molecule has 0 unspecified atom stereocenters. The Labute approximate surface area is 57.9 Å². The van der Waals surface area contributed by atoms with Crippen LogP contribution in [-0.4, -0.2) is 16.8 Å². The smallest absolute Gasteiger partial charge is 0.282 e. The second-order valence-electron chi connectivity index (χ2n) is 2.01. The van der Waals surface area contributed by atoms with Gasteiger partial charge in [-0.2, -0.15) is 0 Å². The van der Waals surface area contributed by atoms with E-state index >= 15 is 0 Å². The predicted molar refractivity (Wildman–Crippen MR) is 34.4 cm³/mol. The molecule has 4 heteroatoms. The number of furan rings is 1. The molecule has 0 aliphatic heterocycles. The number of nitrogens with two attached hydrogens (primary N) is 1. The molecule has 0 radical (unpaired) electrons. The Kier molecular flexibility index (Phi) is 1.94. The Morgan fingerprint density at radius 1 is 1.70 bits per heavy atom. The quantitative estimate of drug-likeness (QED) is 0.543. The van der Waals surface area contributed by atoms with E-state index in [1.165, 1.54) is 12.3 Å². The number of aliphatic hydroxyl groups excluding tert-OH is 1. The summed E-state index contributed by atoms with van der Waals surface area (Å²) < 4.78 is 4.55. The molecule has 0 spiro atoms. The van der Waals surface area contributed by atoms with Crippen LogP contribution >= 0.6 is 0 Å². The van der Waals surface area contributed by atoms with Crippen LogP contribution in [0.4, 0.5) is 0 Å². The van der Waals surface area contributed by atoms with Crippen LogP contribution in [0.2, 0.25) is 0 Å². The van der Waals surface area contributed by atoms with E-state index in [4.69, 9.17) is 15.9 Å². The summed E-state index contributed by atoms with van der Waals surface area (Å²) in [5.74, 6) is -0.182. The highest BCUT2D eigenvalue weighted by atomic mass is 16.5. The molecule has 4 nitrogen and oxygen atoms in total. The fraction of sp³-hybridized carbons (Fsp3) is 0.333. The topological polar surface area (TPSA) is 79.6 Å². The first kappa shape index (κ1) is 7.11. The summed E-state index contributed by atoms with van der Waals surface area (Å²) in [7, 11) is 0. The first-order valence-electron chi connectivity index (χ1n) is 2.88. The molecule has 0 aromatic carbocycles. The van der Waals surface area contributed by atoms with E-state index in [0.29, 0.717) is 5.56 Å². The molecule has 0 bridgehead atoms. The average molecular weight is 143 g/mol. The number of hydrogen-bond donors (Lipinski definition) is 3. The minimum absolute atomic E-state index is 0.154. The fourth-order valence-electron chi connectivity index (χ4n) is 0.639. The molecule has 1 heterocycles. The Hall–Kier alpha value is -1.00. The maximum absolute atomic E-state index is 8.69. The van der Waals surface area contributed by atoms with Gasteiger partial charge in [-0.05, 0) is 0 Å². The van der Waals surface area contributed by atoms with E-state index < -0.39 is 6.04 Å². The fourth-order valence-corrected chi connectivity index (χ4v) is 0.639. The Bertz CT molecular complexity index is 209. The van der Waals surface area contributed by atoms with Gasteiger partial charge in [0.2, 0.25) is 0 Å². The molecule has 10 heavy (non-hydrogen) atoms. The maximum atomic E-state index is 8.69. The van der Waals surface area contributed by atoms with Crippen LogP contribution in [0.25, 0.3) is 0 Å². The van der Waals surface area contributed by atoms with E-state index in [9.17, 15) is 0 Å². The van der Waals surface area contributed by atoms with Gasteiger partial charge < -0.3 is 20.4 Å². The van der Waals surface area contributed by atoms with Crippen molar-refractivity contribution in [3.05, 3.63) is 17.9 Å². The van der Waals surface area contributed by atoms with Crippen LogP contribution in [0.5, 0.6) is 5.95 Å². The van der Waals surface area contributed by atoms with Crippen molar-refractivity contribution in [3.8, 4) is 5.95 Å². The van der Waals surface area contributed by atoms with Crippen LogP contribution < -0.4 is 5.73 Å². The van der Waals surface area contributed by atoms with Crippen molar-refractivity contribution in [2.24, 2.45) is 5.73 Å². The van der Waals surface area contributed by atoms with Crippen molar-refractivity contribution in [2.75, 3.05) is 6.61 Å². The minimum Gasteiger partial charge on any atom is -0.481 e. The zero-order chi connectivity index (χ0) is 7.56. The van der Waals surface area contributed by atoms with Gasteiger partial charge >= 0.3 is 0 Å². The average Bonchev–Trinajstić information content (AvgIpc) is 2.34. The highest BCUT2D eigenvalue weighted by Crippen LogP contribution is 2.17. The van der Waals surface area contributed by atoms with Gasteiger partial charge in [-0.1, -0.05) is 0 Å². The third-order valence-electron chi connectivity index (χ3n) is 1.23. The predicted octanol–water partition coefficient (Wildman–Crippen LogP) is -0.0227. The van der Waals surface area contributed by atoms with Crippen molar-refractivity contribution in [1.29, 1.82) is 0 Å². The summed E-state index contributed by atoms with van der Waals surface area (Å²) in [6.07, 6.45) is 1.32. The van der Waals surface area contributed by atoms with Crippen molar-refractivity contribution in [1.82, 2.24) is 0 Å². The molecule has 0 aliphatic carbocycles. The van der Waals surface area contributed by atoms with Gasteiger partial charge in [-0.3, -0.25) is 0 Å². The highest BCUT2D eigenvalue weighted by Gasteiger charge is 2.07. The van der Waals surface area contributed by atoms with Gasteiger partial charge in [-0.25, -0.2) is 0 Å². The van der Waals surface area contributed by atoms with Crippen LogP contribution in [0.15, 0.2) is 16.7 Å². The zero-order valence-corrected chi connectivity index (χ0v) is 5.32. The molecule has 4 N–H and O–H groups in total. The molecule has 1 atom stereocenters. The largest absolute Gasteiger partial charge is 0.481 e. The van der Waals surface area contributed by atoms with Gasteiger partial charge in [0.1, 0.15) is 0 Å². The summed E-state index contributed by atoms with van der Waals surface area (Å²) in [4.78, 5) is 0. The molecule has 1 aromatic heterocycles. The summed E-state index contributed by atoms with van der Waals surface area (Å²) >= 11 is 0. The molecule has 1 rings (SSSR count). The second-order valence-corrected chi connectivity index (χ2v) is 2.01. The van der Waals surface area contributed by atoms with Crippen molar-refractivity contribution in [2.45, 2.75) is 6.04 Å². The number of aliphatic hydroxyl groups is 1. The van der Waals surface area contributed by atoms with Crippen molar-refractivity contribution in [3.63, 3.8) is 0 Å². The Morgan fingerprint density at radius 3 is 2.80 bits per heavy atom. The standard InChI is InChI=1S/C6H9NO3/c7-5(2-8)4-1-6(9)10-3-4/h1,3,5,8-9H,2,7H2/t5-/m1/s1. The highest BCUT2D eigenvalue weighted by molar-refractivity contribution is 5.19. The van der Waals surface area contributed by atoms with Crippen LogP contribution in [-0.2, 0) is 0 Å². The number of hydrogen-bond acceptors (Lipinski definition) is 4. The number of rotatable bonds is 2. The summed E-state index contributed by atoms with van der Waals surface area (Å²) in [6.45, 7) is -0.154. The van der Waals surface area contributed by atoms with E-state index in [1.807, 2.05) is 0 Å². The molecule has 0 fully saturated rings. The third kappa shape index (κ3) is 1.29. The molecule has 0 saturated carbocycles. The van der Waals surface area contributed by atoms with E-state index in [0.717, 1.165) is 0 Å². The summed E-state index contributed by atoms with van der Waals surface area (Å²) in [6, 6.07) is 0.908. The SMILES string of the molecule is N[C@H](CO)c1coc(O)c1. The van der Waals surface area contributed by atoms with Gasteiger partial charge in [0.25, 0.3) is 5.95 Å². The lowest BCUT2D eigenvalue weighted by atomic mass is 10.2. The van der Waals surface area contributed by atoms with Crippen molar-refractivity contribution < 1.29 is 14.6 Å². The lowest BCUT2D eigenvalue weighted by molar-refractivity contribution is 0.267. The third-order valence-corrected chi connectivity index (χ3v) is 1.23. The van der Waals surface area contributed by atoms with E-state index in [2.05, 4.69) is 4.42 Å². The summed E-state index contributed by atoms with van der Waals surface area (Å²) in [5.41, 5.74) is 5.98. The van der Waals surface area contributed by atoms with Crippen LogP contribution in [0.1, 0.15) is 11.6 Å². The number of aromatic hydroxyl groups is 1. The first-order valence-corrected chi connectivity index (χ1v) is 2.88. The molecule has 0 amide bonds. The molecule has 0 saturated heterocycles. The van der Waals surface area contributed by atoms with Gasteiger partial charge in [0.05, 0.1) is 18.9 Å². The Balaban J connectivity index is 2.74. The van der Waals surface area contributed by atoms with Crippen LogP contribution in [0.3, 0.4) is 0 Å². The summed E-state index contributed by atoms with van der Waals surface area (Å²) in [5, 5.41) is 17.2. The van der Waals surface area contributed by atoms with Gasteiger partial charge in [0.15, 0.2) is 0 Å². The molecule has 0 aliphatic rings. The first-order chi connectivity index (χ1) is 4.74. The lowest BCUT2D eigenvalue weighted by Gasteiger charge is -2.01. The van der Waals surface area contributed by atoms with Crippen molar-refractivity contribution >= 4 is 0 Å². The maximum Gasteiger partial charge on any atom is 0.282 e. The van der Waals surface area contributed by atoms with Crippen LogP contribution in [0, 0.1) is 0 Å². The lowest BCUT2D eigenvalue weighted by Crippen LogP contribution is -2.13. The monoisotopic (exact) mass is 143 g/mol. The Morgan fingerprint density at radius 2 is 2.40 bits per heavy atom. The molecular weight excluding hydrogens is 134 g/mol.